The number of nitrogens with zero attached hydrogens (tertiary/aromatic N) is 1. The molecule has 3 heteroatoms. The summed E-state index contributed by atoms with van der Waals surface area (Å²) in [5.74, 6) is 0. The molecule has 0 N–H and O–H groups in total. The van der Waals surface area contributed by atoms with Gasteiger partial charge in [0.1, 0.15) is 6.26 Å². The minimum Gasteiger partial charge on any atom is -0.428 e. The van der Waals surface area contributed by atoms with Crippen molar-refractivity contribution in [3.05, 3.63) is 29.1 Å². The molecule has 1 aromatic heterocycles. The number of hydrogen-bond acceptors (Lipinski definition) is 3. The molecular formula is C4H2NO2. The molecule has 0 saturated carbocycles. The highest BCUT2D eigenvalue weighted by Gasteiger charge is 1.75. The van der Waals surface area contributed by atoms with Crippen LogP contribution in [0.3, 0.4) is 0 Å². The van der Waals surface area contributed by atoms with Gasteiger partial charge in [-0.25, -0.2) is 9.78 Å². The Bertz CT molecular complexity index is 175. The third kappa shape index (κ3) is 0.855. The standard InChI is InChI=1S/C4H2NO2/c6-4-3-5-1-2-7-4/h1-2H. The van der Waals surface area contributed by atoms with E-state index in [0.29, 0.717) is 0 Å². The van der Waals surface area contributed by atoms with Gasteiger partial charge in [0.05, 0.1) is 6.20 Å². The Hall–Kier alpha value is -1.12. The zero-order valence-corrected chi connectivity index (χ0v) is 3.42. The number of rotatable bonds is 0. The second kappa shape index (κ2) is 1.55. The molecule has 0 spiro atoms. The SMILES string of the molecule is O=c1[c]ncco1. The molecule has 0 atom stereocenters. The fourth-order valence-electron chi connectivity index (χ4n) is 0.239. The summed E-state index contributed by atoms with van der Waals surface area (Å²) in [7, 11) is 0. The topological polar surface area (TPSA) is 43.1 Å². The largest absolute Gasteiger partial charge is 0.428 e. The molecule has 1 rings (SSSR count). The first-order chi connectivity index (χ1) is 3.39. The molecule has 0 aromatic carbocycles. The summed E-state index contributed by atoms with van der Waals surface area (Å²) in [5.41, 5.74) is -0.539. The molecular weight excluding hydrogens is 94.0 g/mol. The zero-order valence-electron chi connectivity index (χ0n) is 3.42. The van der Waals surface area contributed by atoms with E-state index in [1.807, 2.05) is 0 Å². The van der Waals surface area contributed by atoms with E-state index in [-0.39, 0.29) is 0 Å². The second-order valence-electron chi connectivity index (χ2n) is 0.931. The van der Waals surface area contributed by atoms with Gasteiger partial charge in [-0.05, 0) is 0 Å². The van der Waals surface area contributed by atoms with Crippen LogP contribution in [0.25, 0.3) is 0 Å². The van der Waals surface area contributed by atoms with Gasteiger partial charge in [0, 0.05) is 0 Å². The van der Waals surface area contributed by atoms with E-state index < -0.39 is 5.63 Å². The number of hydrogen-bond donors (Lipinski definition) is 0. The quantitative estimate of drug-likeness (QED) is 0.450. The lowest BCUT2D eigenvalue weighted by atomic mass is 10.8. The molecule has 0 aliphatic heterocycles. The molecule has 7 heavy (non-hydrogen) atoms. The van der Waals surface area contributed by atoms with Crippen molar-refractivity contribution in [2.24, 2.45) is 0 Å². The average Bonchev–Trinajstić information content (AvgIpc) is 1.69. The molecule has 1 radical (unpaired) electrons. The first-order valence-electron chi connectivity index (χ1n) is 1.71. The smallest absolute Gasteiger partial charge is 0.364 e. The Morgan fingerprint density at radius 1 is 1.86 bits per heavy atom. The van der Waals surface area contributed by atoms with Crippen molar-refractivity contribution in [1.29, 1.82) is 0 Å². The Morgan fingerprint density at radius 3 is 3.00 bits per heavy atom. The minimum atomic E-state index is -0.539. The van der Waals surface area contributed by atoms with E-state index in [4.69, 9.17) is 0 Å². The van der Waals surface area contributed by atoms with Crippen LogP contribution in [0.15, 0.2) is 21.7 Å². The molecule has 0 saturated heterocycles. The molecule has 0 aliphatic carbocycles. The third-order valence-corrected chi connectivity index (χ3v) is 0.466. The van der Waals surface area contributed by atoms with Crippen molar-refractivity contribution < 1.29 is 4.42 Å². The van der Waals surface area contributed by atoms with Crippen molar-refractivity contribution in [3.63, 3.8) is 0 Å². The normalized spacial score (nSPS) is 8.57. The molecule has 35 valence electrons. The summed E-state index contributed by atoms with van der Waals surface area (Å²) in [6, 6.07) is 0. The molecule has 0 amide bonds. The fourth-order valence-corrected chi connectivity index (χ4v) is 0.239. The van der Waals surface area contributed by atoms with Crippen LogP contribution in [0.4, 0.5) is 0 Å². The lowest BCUT2D eigenvalue weighted by Crippen LogP contribution is -1.94. The Labute approximate surface area is 39.6 Å². The van der Waals surface area contributed by atoms with Crippen LogP contribution in [0, 0.1) is 6.20 Å². The van der Waals surface area contributed by atoms with Crippen molar-refractivity contribution in [1.82, 2.24) is 4.98 Å². The molecule has 1 aromatic rings. The fraction of sp³-hybridized carbons (Fsp3) is 0. The van der Waals surface area contributed by atoms with Crippen molar-refractivity contribution in [3.8, 4) is 0 Å². The second-order valence-corrected chi connectivity index (χ2v) is 0.931. The molecule has 0 aliphatic rings. The van der Waals surface area contributed by atoms with Crippen LogP contribution in [0.1, 0.15) is 0 Å². The maximum atomic E-state index is 9.98. The summed E-state index contributed by atoms with van der Waals surface area (Å²) < 4.78 is 4.25. The van der Waals surface area contributed by atoms with E-state index in [1.54, 1.807) is 0 Å². The molecule has 1 heterocycles. The highest BCUT2D eigenvalue weighted by Crippen LogP contribution is 1.64. The molecule has 3 nitrogen and oxygen atoms in total. The lowest BCUT2D eigenvalue weighted by molar-refractivity contribution is 0.500. The monoisotopic (exact) mass is 96.0 g/mol. The van der Waals surface area contributed by atoms with Gasteiger partial charge in [0.25, 0.3) is 0 Å². The van der Waals surface area contributed by atoms with Crippen LogP contribution in [0.2, 0.25) is 0 Å². The summed E-state index contributed by atoms with van der Waals surface area (Å²) in [4.78, 5) is 13.3. The van der Waals surface area contributed by atoms with Crippen LogP contribution < -0.4 is 5.63 Å². The van der Waals surface area contributed by atoms with Crippen LogP contribution in [-0.2, 0) is 0 Å². The highest BCUT2D eigenvalue weighted by atomic mass is 16.4. The van der Waals surface area contributed by atoms with Gasteiger partial charge < -0.3 is 4.42 Å². The van der Waals surface area contributed by atoms with Gasteiger partial charge in [0.2, 0.25) is 0 Å². The lowest BCUT2D eigenvalue weighted by Gasteiger charge is -1.70. The predicted octanol–water partition coefficient (Wildman–Crippen LogP) is -0.165. The van der Waals surface area contributed by atoms with Crippen molar-refractivity contribution >= 4 is 0 Å². The van der Waals surface area contributed by atoms with Gasteiger partial charge in [-0.1, -0.05) is 0 Å². The summed E-state index contributed by atoms with van der Waals surface area (Å²) in [5, 5.41) is 0. The van der Waals surface area contributed by atoms with Gasteiger partial charge in [-0.15, -0.1) is 0 Å². The molecule has 0 fully saturated rings. The Morgan fingerprint density at radius 2 is 2.71 bits per heavy atom. The highest BCUT2D eigenvalue weighted by molar-refractivity contribution is 4.64. The van der Waals surface area contributed by atoms with Crippen LogP contribution >= 0.6 is 0 Å². The summed E-state index contributed by atoms with van der Waals surface area (Å²) in [6.45, 7) is 0. The van der Waals surface area contributed by atoms with E-state index >= 15 is 0 Å². The maximum absolute atomic E-state index is 9.98. The van der Waals surface area contributed by atoms with Gasteiger partial charge in [0.15, 0.2) is 6.20 Å². The Kier molecular flexibility index (Phi) is 0.898. The van der Waals surface area contributed by atoms with Crippen molar-refractivity contribution in [2.75, 3.05) is 0 Å². The van der Waals surface area contributed by atoms with E-state index in [9.17, 15) is 4.79 Å². The van der Waals surface area contributed by atoms with Gasteiger partial charge in [-0.2, -0.15) is 0 Å². The van der Waals surface area contributed by atoms with E-state index in [0.717, 1.165) is 0 Å². The van der Waals surface area contributed by atoms with Crippen LogP contribution in [0.5, 0.6) is 0 Å². The first-order valence-corrected chi connectivity index (χ1v) is 1.71. The van der Waals surface area contributed by atoms with Gasteiger partial charge in [-0.3, -0.25) is 0 Å². The van der Waals surface area contributed by atoms with Crippen molar-refractivity contribution in [2.45, 2.75) is 0 Å². The first kappa shape index (κ1) is 4.05. The average molecular weight is 96.1 g/mol. The van der Waals surface area contributed by atoms with Gasteiger partial charge >= 0.3 is 5.63 Å². The predicted molar refractivity (Wildman–Crippen MR) is 21.6 cm³/mol. The van der Waals surface area contributed by atoms with E-state index in [2.05, 4.69) is 15.6 Å². The molecule has 0 bridgehead atoms. The summed E-state index contributed by atoms with van der Waals surface area (Å²) >= 11 is 0. The van der Waals surface area contributed by atoms with E-state index in [1.165, 1.54) is 12.5 Å². The Balaban J connectivity index is 3.28. The molecule has 0 unspecified atom stereocenters. The minimum absolute atomic E-state index is 0.539. The third-order valence-electron chi connectivity index (χ3n) is 0.466. The maximum Gasteiger partial charge on any atom is 0.364 e. The van der Waals surface area contributed by atoms with Crippen LogP contribution in [-0.4, -0.2) is 4.98 Å². The number of aromatic nitrogens is 1. The zero-order chi connectivity index (χ0) is 5.11. The summed E-state index contributed by atoms with van der Waals surface area (Å²) in [6.07, 6.45) is 4.61.